The van der Waals surface area contributed by atoms with E-state index in [1.54, 1.807) is 29.7 Å². The SMILES string of the molecule is Cn1cc(C(=O)NCC2CCN(C(=O)CN3C(=O)NC(C)(C4CC4)C3=O)CC2)cn1. The molecule has 10 nitrogen and oxygen atoms in total. The summed E-state index contributed by atoms with van der Waals surface area (Å²) in [4.78, 5) is 52.5. The van der Waals surface area contributed by atoms with Crippen LogP contribution in [0.2, 0.25) is 0 Å². The van der Waals surface area contributed by atoms with Gasteiger partial charge in [0.2, 0.25) is 5.91 Å². The topological polar surface area (TPSA) is 117 Å². The van der Waals surface area contributed by atoms with Crippen LogP contribution in [0.3, 0.4) is 0 Å². The molecule has 1 unspecified atom stereocenters. The van der Waals surface area contributed by atoms with E-state index in [1.165, 1.54) is 6.20 Å². The second-order valence-corrected chi connectivity index (χ2v) is 8.73. The normalized spacial score (nSPS) is 24.9. The van der Waals surface area contributed by atoms with E-state index in [0.29, 0.717) is 25.2 Å². The number of imide groups is 1. The molecule has 1 atom stereocenters. The van der Waals surface area contributed by atoms with E-state index in [9.17, 15) is 19.2 Å². The minimum Gasteiger partial charge on any atom is -0.352 e. The van der Waals surface area contributed by atoms with Gasteiger partial charge in [-0.05, 0) is 44.4 Å². The van der Waals surface area contributed by atoms with Gasteiger partial charge in [0.05, 0.1) is 11.8 Å². The molecule has 3 aliphatic rings. The average Bonchev–Trinajstić information content (AvgIpc) is 3.46. The molecule has 4 rings (SSSR count). The van der Waals surface area contributed by atoms with Gasteiger partial charge in [0.1, 0.15) is 12.1 Å². The van der Waals surface area contributed by atoms with Crippen LogP contribution in [-0.2, 0) is 16.6 Å². The van der Waals surface area contributed by atoms with E-state index >= 15 is 0 Å². The smallest absolute Gasteiger partial charge is 0.325 e. The van der Waals surface area contributed by atoms with Gasteiger partial charge in [-0.2, -0.15) is 5.10 Å². The van der Waals surface area contributed by atoms with Gasteiger partial charge < -0.3 is 15.5 Å². The van der Waals surface area contributed by atoms with E-state index in [4.69, 9.17) is 0 Å². The van der Waals surface area contributed by atoms with Crippen LogP contribution in [0.15, 0.2) is 12.4 Å². The fourth-order valence-electron chi connectivity index (χ4n) is 4.30. The number of amides is 5. The summed E-state index contributed by atoms with van der Waals surface area (Å²) in [5.41, 5.74) is -0.339. The lowest BCUT2D eigenvalue weighted by molar-refractivity contribution is -0.139. The molecule has 3 fully saturated rings. The van der Waals surface area contributed by atoms with E-state index in [-0.39, 0.29) is 36.1 Å². The fraction of sp³-hybridized carbons (Fsp3) is 0.650. The number of carbonyl (C=O) groups excluding carboxylic acids is 4. The van der Waals surface area contributed by atoms with Crippen LogP contribution < -0.4 is 10.6 Å². The lowest BCUT2D eigenvalue weighted by Gasteiger charge is -2.32. The van der Waals surface area contributed by atoms with Gasteiger partial charge in [-0.25, -0.2) is 4.79 Å². The van der Waals surface area contributed by atoms with Crippen LogP contribution >= 0.6 is 0 Å². The maximum absolute atomic E-state index is 12.7. The lowest BCUT2D eigenvalue weighted by Crippen LogP contribution is -2.48. The minimum absolute atomic E-state index is 0.154. The Kier molecular flexibility index (Phi) is 5.25. The number of aromatic nitrogens is 2. The van der Waals surface area contributed by atoms with E-state index < -0.39 is 11.6 Å². The number of piperidine rings is 1. The Morgan fingerprint density at radius 1 is 1.23 bits per heavy atom. The Morgan fingerprint density at radius 3 is 2.53 bits per heavy atom. The van der Waals surface area contributed by atoms with E-state index in [1.807, 2.05) is 0 Å². The second kappa shape index (κ2) is 7.73. The van der Waals surface area contributed by atoms with Gasteiger partial charge in [0.15, 0.2) is 0 Å². The molecule has 3 heterocycles. The predicted octanol–water partition coefficient (Wildman–Crippen LogP) is 0.109. The molecule has 2 N–H and O–H groups in total. The van der Waals surface area contributed by atoms with Crippen LogP contribution in [0.1, 0.15) is 43.0 Å². The van der Waals surface area contributed by atoms with Gasteiger partial charge in [0, 0.05) is 32.9 Å². The molecular formula is C20H28N6O4. The minimum atomic E-state index is -0.864. The largest absolute Gasteiger partial charge is 0.352 e. The Labute approximate surface area is 174 Å². The first-order valence-corrected chi connectivity index (χ1v) is 10.5. The summed E-state index contributed by atoms with van der Waals surface area (Å²) in [6, 6.07) is -0.476. The fourth-order valence-corrected chi connectivity index (χ4v) is 4.30. The van der Waals surface area contributed by atoms with Crippen molar-refractivity contribution in [2.45, 2.75) is 38.1 Å². The van der Waals surface area contributed by atoms with E-state index in [2.05, 4.69) is 15.7 Å². The average molecular weight is 416 g/mol. The third-order valence-corrected chi connectivity index (χ3v) is 6.47. The number of carbonyl (C=O) groups is 4. The summed E-state index contributed by atoms with van der Waals surface area (Å²) >= 11 is 0. The van der Waals surface area contributed by atoms with E-state index in [0.717, 1.165) is 30.6 Å². The summed E-state index contributed by atoms with van der Waals surface area (Å²) in [5, 5.41) is 9.68. The van der Waals surface area contributed by atoms with Gasteiger partial charge >= 0.3 is 6.03 Å². The van der Waals surface area contributed by atoms with Crippen molar-refractivity contribution in [2.24, 2.45) is 18.9 Å². The molecule has 162 valence electrons. The van der Waals surface area contributed by atoms with Crippen LogP contribution in [0.4, 0.5) is 4.79 Å². The molecule has 10 heteroatoms. The van der Waals surface area contributed by atoms with Crippen molar-refractivity contribution >= 4 is 23.8 Å². The Morgan fingerprint density at radius 2 is 1.93 bits per heavy atom. The molecule has 0 spiro atoms. The van der Waals surface area contributed by atoms with Crippen molar-refractivity contribution in [3.05, 3.63) is 18.0 Å². The molecule has 5 amide bonds. The number of nitrogens with one attached hydrogen (secondary N) is 2. The maximum atomic E-state index is 12.7. The zero-order chi connectivity index (χ0) is 21.5. The number of rotatable bonds is 6. The zero-order valence-corrected chi connectivity index (χ0v) is 17.4. The summed E-state index contributed by atoms with van der Waals surface area (Å²) < 4.78 is 1.58. The quantitative estimate of drug-likeness (QED) is 0.639. The zero-order valence-electron chi connectivity index (χ0n) is 17.4. The number of aryl methyl sites for hydroxylation is 1. The molecular weight excluding hydrogens is 388 g/mol. The number of nitrogens with zero attached hydrogens (tertiary/aromatic N) is 4. The standard InChI is InChI=1S/C20H28N6O4/c1-20(15-3-4-15)18(29)26(19(30)23-20)12-16(27)25-7-5-13(6-8-25)9-21-17(28)14-10-22-24(2)11-14/h10-11,13,15H,3-9,12H2,1-2H3,(H,21,28)(H,23,30). The molecule has 1 aliphatic carbocycles. The first-order chi connectivity index (χ1) is 14.3. The van der Waals surface area contributed by atoms with Crippen LogP contribution in [0.25, 0.3) is 0 Å². The third-order valence-electron chi connectivity index (χ3n) is 6.47. The third kappa shape index (κ3) is 3.90. The highest BCUT2D eigenvalue weighted by molar-refractivity contribution is 6.09. The van der Waals surface area contributed by atoms with Gasteiger partial charge in [0.25, 0.3) is 11.8 Å². The predicted molar refractivity (Wildman–Crippen MR) is 106 cm³/mol. The maximum Gasteiger partial charge on any atom is 0.325 e. The first-order valence-electron chi connectivity index (χ1n) is 10.5. The molecule has 2 saturated heterocycles. The summed E-state index contributed by atoms with van der Waals surface area (Å²) in [7, 11) is 1.76. The lowest BCUT2D eigenvalue weighted by atomic mass is 9.96. The number of likely N-dealkylation sites (tertiary alicyclic amines) is 1. The van der Waals surface area contributed by atoms with Gasteiger partial charge in [-0.1, -0.05) is 0 Å². The molecule has 2 aliphatic heterocycles. The highest BCUT2D eigenvalue weighted by atomic mass is 16.2. The van der Waals surface area contributed by atoms with Crippen molar-refractivity contribution in [2.75, 3.05) is 26.2 Å². The van der Waals surface area contributed by atoms with Crippen LogP contribution in [-0.4, -0.2) is 75.1 Å². The van der Waals surface area contributed by atoms with Crippen molar-refractivity contribution in [3.63, 3.8) is 0 Å². The van der Waals surface area contributed by atoms with Gasteiger partial charge in [-0.3, -0.25) is 24.0 Å². The van der Waals surface area contributed by atoms with Crippen molar-refractivity contribution < 1.29 is 19.2 Å². The summed E-state index contributed by atoms with van der Waals surface area (Å²) in [6.07, 6.45) is 6.57. The molecule has 1 aromatic rings. The Bertz CT molecular complexity index is 870. The Balaban J connectivity index is 1.23. The number of hydrogen-bond acceptors (Lipinski definition) is 5. The summed E-state index contributed by atoms with van der Waals surface area (Å²) in [5.74, 6) is -0.206. The molecule has 0 bridgehead atoms. The molecule has 1 saturated carbocycles. The van der Waals surface area contributed by atoms with Crippen LogP contribution in [0.5, 0.6) is 0 Å². The molecule has 30 heavy (non-hydrogen) atoms. The number of urea groups is 1. The van der Waals surface area contributed by atoms with Crippen molar-refractivity contribution in [3.8, 4) is 0 Å². The van der Waals surface area contributed by atoms with Crippen molar-refractivity contribution in [1.29, 1.82) is 0 Å². The highest BCUT2D eigenvalue weighted by Crippen LogP contribution is 2.42. The molecule has 1 aromatic heterocycles. The van der Waals surface area contributed by atoms with Crippen LogP contribution in [0, 0.1) is 11.8 Å². The van der Waals surface area contributed by atoms with Gasteiger partial charge in [-0.15, -0.1) is 0 Å². The molecule has 0 radical (unpaired) electrons. The second-order valence-electron chi connectivity index (χ2n) is 8.73. The first kappa shape index (κ1) is 20.4. The van der Waals surface area contributed by atoms with Crippen molar-refractivity contribution in [1.82, 2.24) is 30.2 Å². The number of hydrogen-bond donors (Lipinski definition) is 2. The molecule has 0 aromatic carbocycles. The summed E-state index contributed by atoms with van der Waals surface area (Å²) in [6.45, 7) is 3.18. The Hall–Kier alpha value is -2.91. The highest BCUT2D eigenvalue weighted by Gasteiger charge is 2.56. The monoisotopic (exact) mass is 416 g/mol.